The first-order valence-corrected chi connectivity index (χ1v) is 6.62. The molecule has 104 valence electrons. The van der Waals surface area contributed by atoms with Crippen molar-refractivity contribution in [1.29, 1.82) is 0 Å². The van der Waals surface area contributed by atoms with Crippen LogP contribution in [-0.2, 0) is 10.9 Å². The van der Waals surface area contributed by atoms with Crippen molar-refractivity contribution in [2.24, 2.45) is 0 Å². The van der Waals surface area contributed by atoms with Gasteiger partial charge in [0.25, 0.3) is 0 Å². The molecule has 2 aliphatic heterocycles. The SMILES string of the molecule is FC(F)(F)c1ccc2c(c1)C(C1CCCO1)CCN2. The molecule has 2 aliphatic rings. The molecule has 3 rings (SSSR count). The van der Waals surface area contributed by atoms with E-state index in [1.165, 1.54) is 6.07 Å². The fourth-order valence-electron chi connectivity index (χ4n) is 3.03. The van der Waals surface area contributed by atoms with Crippen molar-refractivity contribution in [3.05, 3.63) is 29.3 Å². The summed E-state index contributed by atoms with van der Waals surface area (Å²) in [6.07, 6.45) is -1.43. The first kappa shape index (κ1) is 12.8. The smallest absolute Gasteiger partial charge is 0.385 e. The third-order valence-electron chi connectivity index (χ3n) is 3.96. The zero-order valence-corrected chi connectivity index (χ0v) is 10.5. The third kappa shape index (κ3) is 2.43. The number of nitrogens with one attached hydrogen (secondary N) is 1. The summed E-state index contributed by atoms with van der Waals surface area (Å²) in [6, 6.07) is 3.97. The van der Waals surface area contributed by atoms with Gasteiger partial charge < -0.3 is 10.1 Å². The van der Waals surface area contributed by atoms with Crippen molar-refractivity contribution in [2.45, 2.75) is 37.5 Å². The van der Waals surface area contributed by atoms with Crippen LogP contribution < -0.4 is 5.32 Å². The minimum absolute atomic E-state index is 0.0735. The molecule has 0 spiro atoms. The van der Waals surface area contributed by atoms with Crippen LogP contribution in [0, 0.1) is 0 Å². The number of alkyl halides is 3. The maximum Gasteiger partial charge on any atom is 0.416 e. The Morgan fingerprint density at radius 2 is 2.05 bits per heavy atom. The van der Waals surface area contributed by atoms with E-state index in [0.717, 1.165) is 49.7 Å². The number of hydrogen-bond donors (Lipinski definition) is 1. The van der Waals surface area contributed by atoms with E-state index in [9.17, 15) is 13.2 Å². The predicted molar refractivity (Wildman–Crippen MR) is 66.3 cm³/mol. The largest absolute Gasteiger partial charge is 0.416 e. The molecule has 1 fully saturated rings. The fourth-order valence-corrected chi connectivity index (χ4v) is 3.03. The summed E-state index contributed by atoms with van der Waals surface area (Å²) in [4.78, 5) is 0. The van der Waals surface area contributed by atoms with E-state index in [0.29, 0.717) is 0 Å². The lowest BCUT2D eigenvalue weighted by atomic mass is 9.84. The molecule has 1 saturated heterocycles. The molecular weight excluding hydrogens is 255 g/mol. The lowest BCUT2D eigenvalue weighted by molar-refractivity contribution is -0.137. The number of ether oxygens (including phenoxy) is 1. The maximum atomic E-state index is 12.8. The van der Waals surface area contributed by atoms with Crippen LogP contribution in [0.15, 0.2) is 18.2 Å². The standard InChI is InChI=1S/C14H16F3NO/c15-14(16,17)9-3-4-12-11(8-9)10(5-6-18-12)13-2-1-7-19-13/h3-4,8,10,13,18H,1-2,5-7H2. The van der Waals surface area contributed by atoms with E-state index >= 15 is 0 Å². The summed E-state index contributed by atoms with van der Waals surface area (Å²) in [6.45, 7) is 1.52. The molecular formula is C14H16F3NO. The van der Waals surface area contributed by atoms with E-state index in [-0.39, 0.29) is 12.0 Å². The molecule has 2 nitrogen and oxygen atoms in total. The third-order valence-corrected chi connectivity index (χ3v) is 3.96. The van der Waals surface area contributed by atoms with Crippen molar-refractivity contribution >= 4 is 5.69 Å². The van der Waals surface area contributed by atoms with Crippen LogP contribution in [0.1, 0.15) is 36.3 Å². The summed E-state index contributed by atoms with van der Waals surface area (Å²) in [5.74, 6) is 0.0843. The number of hydrogen-bond acceptors (Lipinski definition) is 2. The van der Waals surface area contributed by atoms with Crippen molar-refractivity contribution in [3.8, 4) is 0 Å². The van der Waals surface area contributed by atoms with Gasteiger partial charge >= 0.3 is 6.18 Å². The highest BCUT2D eigenvalue weighted by Crippen LogP contribution is 2.41. The van der Waals surface area contributed by atoms with Crippen molar-refractivity contribution in [3.63, 3.8) is 0 Å². The number of anilines is 1. The number of benzene rings is 1. The summed E-state index contributed by atoms with van der Waals surface area (Å²) in [5.41, 5.74) is 1.01. The number of rotatable bonds is 1. The van der Waals surface area contributed by atoms with Gasteiger partial charge in [-0.05, 0) is 43.0 Å². The molecule has 1 N–H and O–H groups in total. The molecule has 0 aromatic heterocycles. The van der Waals surface area contributed by atoms with Crippen molar-refractivity contribution < 1.29 is 17.9 Å². The van der Waals surface area contributed by atoms with Crippen LogP contribution in [0.2, 0.25) is 0 Å². The van der Waals surface area contributed by atoms with Gasteiger partial charge in [0.15, 0.2) is 0 Å². The minimum atomic E-state index is -4.28. The van der Waals surface area contributed by atoms with Gasteiger partial charge in [-0.2, -0.15) is 13.2 Å². The Balaban J connectivity index is 1.97. The second kappa shape index (κ2) is 4.71. The topological polar surface area (TPSA) is 21.3 Å². The maximum absolute atomic E-state index is 12.8. The molecule has 0 radical (unpaired) electrons. The Bertz CT molecular complexity index is 466. The van der Waals surface area contributed by atoms with E-state index in [2.05, 4.69) is 5.32 Å². The lowest BCUT2D eigenvalue weighted by Gasteiger charge is -2.31. The van der Waals surface area contributed by atoms with E-state index in [4.69, 9.17) is 4.74 Å². The molecule has 0 saturated carbocycles. The molecule has 5 heteroatoms. The van der Waals surface area contributed by atoms with Crippen LogP contribution in [-0.4, -0.2) is 19.3 Å². The Kier molecular flexibility index (Phi) is 3.17. The van der Waals surface area contributed by atoms with Gasteiger partial charge in [0.1, 0.15) is 0 Å². The minimum Gasteiger partial charge on any atom is -0.385 e. The monoisotopic (exact) mass is 271 g/mol. The van der Waals surface area contributed by atoms with Gasteiger partial charge in [0.05, 0.1) is 11.7 Å². The molecule has 0 bridgehead atoms. The predicted octanol–water partition coefficient (Wildman–Crippen LogP) is 3.78. The van der Waals surface area contributed by atoms with Gasteiger partial charge in [0.2, 0.25) is 0 Å². The van der Waals surface area contributed by atoms with Gasteiger partial charge in [-0.3, -0.25) is 0 Å². The Labute approximate surface area is 109 Å². The highest BCUT2D eigenvalue weighted by Gasteiger charge is 2.35. The number of halogens is 3. The average molecular weight is 271 g/mol. The van der Waals surface area contributed by atoms with Crippen LogP contribution >= 0.6 is 0 Å². The first-order valence-electron chi connectivity index (χ1n) is 6.62. The Morgan fingerprint density at radius 3 is 2.74 bits per heavy atom. The summed E-state index contributed by atoms with van der Waals surface area (Å²) in [7, 11) is 0. The van der Waals surface area contributed by atoms with E-state index in [1.54, 1.807) is 6.07 Å². The molecule has 19 heavy (non-hydrogen) atoms. The molecule has 0 amide bonds. The summed E-state index contributed by atoms with van der Waals surface area (Å²) < 4.78 is 44.1. The summed E-state index contributed by atoms with van der Waals surface area (Å²) >= 11 is 0. The molecule has 2 unspecified atom stereocenters. The van der Waals surface area contributed by atoms with Crippen molar-refractivity contribution in [1.82, 2.24) is 0 Å². The molecule has 0 aliphatic carbocycles. The lowest BCUT2D eigenvalue weighted by Crippen LogP contribution is -2.26. The van der Waals surface area contributed by atoms with Gasteiger partial charge in [-0.25, -0.2) is 0 Å². The zero-order valence-electron chi connectivity index (χ0n) is 10.5. The van der Waals surface area contributed by atoms with Crippen LogP contribution in [0.25, 0.3) is 0 Å². The van der Waals surface area contributed by atoms with Crippen LogP contribution in [0.3, 0.4) is 0 Å². The molecule has 2 atom stereocenters. The Hall–Kier alpha value is -1.23. The highest BCUT2D eigenvalue weighted by atomic mass is 19.4. The average Bonchev–Trinajstić information content (AvgIpc) is 2.90. The highest BCUT2D eigenvalue weighted by molar-refractivity contribution is 5.57. The first-order chi connectivity index (χ1) is 9.05. The normalized spacial score (nSPS) is 26.9. The zero-order chi connectivity index (χ0) is 13.5. The van der Waals surface area contributed by atoms with Gasteiger partial charge in [-0.1, -0.05) is 0 Å². The van der Waals surface area contributed by atoms with Gasteiger partial charge in [-0.15, -0.1) is 0 Å². The molecule has 2 heterocycles. The second-order valence-corrected chi connectivity index (χ2v) is 5.17. The summed E-state index contributed by atoms with van der Waals surface area (Å²) in [5, 5.41) is 3.17. The van der Waals surface area contributed by atoms with Crippen LogP contribution in [0.4, 0.5) is 18.9 Å². The molecule has 1 aromatic carbocycles. The second-order valence-electron chi connectivity index (χ2n) is 5.17. The Morgan fingerprint density at radius 1 is 1.21 bits per heavy atom. The van der Waals surface area contributed by atoms with Crippen molar-refractivity contribution in [2.75, 3.05) is 18.5 Å². The fraction of sp³-hybridized carbons (Fsp3) is 0.571. The van der Waals surface area contributed by atoms with E-state index in [1.807, 2.05) is 0 Å². The number of fused-ring (bicyclic) bond motifs is 1. The van der Waals surface area contributed by atoms with Gasteiger partial charge in [0, 0.05) is 24.8 Å². The quantitative estimate of drug-likeness (QED) is 0.839. The van der Waals surface area contributed by atoms with E-state index < -0.39 is 11.7 Å². The van der Waals surface area contributed by atoms with Crippen LogP contribution in [0.5, 0.6) is 0 Å². The molecule has 1 aromatic rings.